The summed E-state index contributed by atoms with van der Waals surface area (Å²) in [6.45, 7) is 11.9. The van der Waals surface area contributed by atoms with Crippen molar-refractivity contribution in [2.24, 2.45) is 17.8 Å². The van der Waals surface area contributed by atoms with Crippen molar-refractivity contribution >= 4 is 0 Å². The molecule has 3 atom stereocenters. The van der Waals surface area contributed by atoms with Gasteiger partial charge in [-0.25, -0.2) is 0 Å². The Labute approximate surface area is 111 Å². The van der Waals surface area contributed by atoms with Crippen LogP contribution in [0.3, 0.4) is 0 Å². The fourth-order valence-electron chi connectivity index (χ4n) is 2.85. The summed E-state index contributed by atoms with van der Waals surface area (Å²) in [4.78, 5) is 0. The van der Waals surface area contributed by atoms with E-state index in [1.54, 1.807) is 0 Å². The summed E-state index contributed by atoms with van der Waals surface area (Å²) >= 11 is 0. The zero-order valence-electron chi connectivity index (χ0n) is 13.1. The Kier molecular flexibility index (Phi) is 11.1. The third-order valence-corrected chi connectivity index (χ3v) is 4.11. The van der Waals surface area contributed by atoms with Crippen molar-refractivity contribution in [3.8, 4) is 0 Å². The lowest BCUT2D eigenvalue weighted by Gasteiger charge is -2.20. The summed E-state index contributed by atoms with van der Waals surface area (Å²) in [7, 11) is 0. The zero-order valence-corrected chi connectivity index (χ0v) is 13.1. The van der Waals surface area contributed by atoms with E-state index in [1.807, 2.05) is 0 Å². The van der Waals surface area contributed by atoms with Crippen molar-refractivity contribution in [2.45, 2.75) is 92.4 Å². The molecule has 0 aromatic carbocycles. The van der Waals surface area contributed by atoms with E-state index >= 15 is 0 Å². The van der Waals surface area contributed by atoms with Crippen LogP contribution in [0.2, 0.25) is 0 Å². The first-order valence-electron chi connectivity index (χ1n) is 8.10. The van der Waals surface area contributed by atoms with Gasteiger partial charge in [-0.05, 0) is 30.6 Å². The van der Waals surface area contributed by atoms with Gasteiger partial charge in [0, 0.05) is 0 Å². The molecule has 3 unspecified atom stereocenters. The first-order chi connectivity index (χ1) is 8.10. The molecule has 0 N–H and O–H groups in total. The Morgan fingerprint density at radius 1 is 0.647 bits per heavy atom. The van der Waals surface area contributed by atoms with Gasteiger partial charge in [0.25, 0.3) is 0 Å². The van der Waals surface area contributed by atoms with E-state index in [4.69, 9.17) is 0 Å². The van der Waals surface area contributed by atoms with Crippen LogP contribution < -0.4 is 0 Å². The molecule has 0 aliphatic rings. The van der Waals surface area contributed by atoms with Crippen LogP contribution in [0, 0.1) is 17.8 Å². The second kappa shape index (κ2) is 11.1. The summed E-state index contributed by atoms with van der Waals surface area (Å²) in [5, 5.41) is 0. The number of unbranched alkanes of at least 4 members (excludes halogenated alkanes) is 4. The highest BCUT2D eigenvalue weighted by molar-refractivity contribution is 4.63. The first kappa shape index (κ1) is 17.0. The highest BCUT2D eigenvalue weighted by Gasteiger charge is 2.11. The molecule has 0 bridgehead atoms. The smallest absolute Gasteiger partial charge is 0.0438 e. The summed E-state index contributed by atoms with van der Waals surface area (Å²) in [5.74, 6) is 2.79. The van der Waals surface area contributed by atoms with Gasteiger partial charge < -0.3 is 0 Å². The van der Waals surface area contributed by atoms with E-state index < -0.39 is 0 Å². The van der Waals surface area contributed by atoms with Crippen molar-refractivity contribution in [1.29, 1.82) is 0 Å². The Morgan fingerprint density at radius 3 is 1.82 bits per heavy atom. The standard InChI is InChI=1S/C17H36/c1-6-8-9-10-11-12-16(4)14-17(5)13-15(3)7-2/h15-17H,6-14H2,1-5H3. The number of hydrogen-bond donors (Lipinski definition) is 0. The van der Waals surface area contributed by atoms with E-state index in [1.165, 1.54) is 57.8 Å². The molecule has 104 valence electrons. The van der Waals surface area contributed by atoms with Crippen LogP contribution in [-0.2, 0) is 0 Å². The molecule has 17 heavy (non-hydrogen) atoms. The molecule has 0 heterocycles. The van der Waals surface area contributed by atoms with Gasteiger partial charge in [0.2, 0.25) is 0 Å². The second-order valence-corrected chi connectivity index (χ2v) is 6.40. The van der Waals surface area contributed by atoms with E-state index in [-0.39, 0.29) is 0 Å². The molecule has 0 heteroatoms. The molecule has 0 spiro atoms. The Bertz CT molecular complexity index is 150. The maximum Gasteiger partial charge on any atom is -0.0438 e. The lowest BCUT2D eigenvalue weighted by atomic mass is 9.86. The van der Waals surface area contributed by atoms with Crippen molar-refractivity contribution in [3.63, 3.8) is 0 Å². The lowest BCUT2D eigenvalue weighted by Crippen LogP contribution is -2.07. The summed E-state index contributed by atoms with van der Waals surface area (Å²) in [6, 6.07) is 0. The molecule has 0 aromatic heterocycles. The van der Waals surface area contributed by atoms with Gasteiger partial charge in [-0.2, -0.15) is 0 Å². The van der Waals surface area contributed by atoms with Crippen LogP contribution in [-0.4, -0.2) is 0 Å². The molecule has 0 saturated heterocycles. The average molecular weight is 240 g/mol. The SMILES string of the molecule is CCCCCCCC(C)CC(C)CC(C)CC. The maximum absolute atomic E-state index is 2.45. The van der Waals surface area contributed by atoms with Crippen molar-refractivity contribution in [3.05, 3.63) is 0 Å². The Morgan fingerprint density at radius 2 is 1.24 bits per heavy atom. The van der Waals surface area contributed by atoms with Crippen LogP contribution in [0.25, 0.3) is 0 Å². The molecular weight excluding hydrogens is 204 g/mol. The van der Waals surface area contributed by atoms with Crippen molar-refractivity contribution in [1.82, 2.24) is 0 Å². The highest BCUT2D eigenvalue weighted by atomic mass is 14.2. The Balaban J connectivity index is 3.46. The predicted octanol–water partition coefficient (Wildman–Crippen LogP) is 6.45. The van der Waals surface area contributed by atoms with Gasteiger partial charge in [-0.15, -0.1) is 0 Å². The van der Waals surface area contributed by atoms with Crippen LogP contribution in [0.4, 0.5) is 0 Å². The summed E-state index contributed by atoms with van der Waals surface area (Å²) in [6.07, 6.45) is 12.8. The normalized spacial score (nSPS) is 16.8. The van der Waals surface area contributed by atoms with Crippen molar-refractivity contribution < 1.29 is 0 Å². The largest absolute Gasteiger partial charge is 0.0654 e. The molecule has 0 aliphatic heterocycles. The maximum atomic E-state index is 2.45. The molecule has 0 nitrogen and oxygen atoms in total. The molecule has 0 aromatic rings. The molecule has 0 amide bonds. The molecule has 0 fully saturated rings. The van der Waals surface area contributed by atoms with Crippen LogP contribution in [0.5, 0.6) is 0 Å². The van der Waals surface area contributed by atoms with Gasteiger partial charge in [0.15, 0.2) is 0 Å². The highest BCUT2D eigenvalue weighted by Crippen LogP contribution is 2.24. The molecule has 0 saturated carbocycles. The van der Waals surface area contributed by atoms with Crippen LogP contribution in [0.1, 0.15) is 92.4 Å². The average Bonchev–Trinajstić information content (AvgIpc) is 2.28. The minimum Gasteiger partial charge on any atom is -0.0654 e. The first-order valence-corrected chi connectivity index (χ1v) is 8.10. The van der Waals surface area contributed by atoms with Crippen LogP contribution in [0.15, 0.2) is 0 Å². The quantitative estimate of drug-likeness (QED) is 0.364. The van der Waals surface area contributed by atoms with Crippen molar-refractivity contribution in [2.75, 3.05) is 0 Å². The zero-order chi connectivity index (χ0) is 13.1. The van der Waals surface area contributed by atoms with Gasteiger partial charge in [0.1, 0.15) is 0 Å². The third-order valence-electron chi connectivity index (χ3n) is 4.11. The molecule has 0 aliphatic carbocycles. The summed E-state index contributed by atoms with van der Waals surface area (Å²) < 4.78 is 0. The minimum atomic E-state index is 0.918. The second-order valence-electron chi connectivity index (χ2n) is 6.40. The van der Waals surface area contributed by atoms with Gasteiger partial charge in [-0.3, -0.25) is 0 Å². The minimum absolute atomic E-state index is 0.918. The van der Waals surface area contributed by atoms with E-state index in [0.717, 1.165) is 17.8 Å². The molecule has 0 rings (SSSR count). The Hall–Kier alpha value is 0. The van der Waals surface area contributed by atoms with E-state index in [0.29, 0.717) is 0 Å². The van der Waals surface area contributed by atoms with E-state index in [2.05, 4.69) is 34.6 Å². The molecular formula is C17H36. The summed E-state index contributed by atoms with van der Waals surface area (Å²) in [5.41, 5.74) is 0. The van der Waals surface area contributed by atoms with Gasteiger partial charge >= 0.3 is 0 Å². The predicted molar refractivity (Wildman–Crippen MR) is 80.4 cm³/mol. The lowest BCUT2D eigenvalue weighted by molar-refractivity contribution is 0.324. The molecule has 0 radical (unpaired) electrons. The van der Waals surface area contributed by atoms with E-state index in [9.17, 15) is 0 Å². The van der Waals surface area contributed by atoms with Gasteiger partial charge in [0.05, 0.1) is 0 Å². The van der Waals surface area contributed by atoms with Gasteiger partial charge in [-0.1, -0.05) is 79.6 Å². The third kappa shape index (κ3) is 10.9. The number of hydrogen-bond acceptors (Lipinski definition) is 0. The van der Waals surface area contributed by atoms with Crippen LogP contribution >= 0.6 is 0 Å². The fourth-order valence-corrected chi connectivity index (χ4v) is 2.85. The fraction of sp³-hybridized carbons (Fsp3) is 1.00. The topological polar surface area (TPSA) is 0 Å². The number of rotatable bonds is 11. The monoisotopic (exact) mass is 240 g/mol.